The maximum Gasteiger partial charge on any atom is 0.434 e. The first-order chi connectivity index (χ1) is 8.72. The van der Waals surface area contributed by atoms with Crippen LogP contribution in [0.4, 0.5) is 4.79 Å². The molecule has 0 aromatic heterocycles. The second-order valence-electron chi connectivity index (χ2n) is 3.22. The zero-order valence-corrected chi connectivity index (χ0v) is 13.5. The summed E-state index contributed by atoms with van der Waals surface area (Å²) in [5.74, 6) is -0.367. The van der Waals surface area contributed by atoms with Gasteiger partial charge in [-0.3, -0.25) is 4.84 Å². The van der Waals surface area contributed by atoms with E-state index in [1.54, 1.807) is 20.1 Å². The highest BCUT2D eigenvalue weighted by Gasteiger charge is 2.21. The van der Waals surface area contributed by atoms with Gasteiger partial charge in [0, 0.05) is 6.54 Å². The molecule has 112 valence electrons. The molecule has 0 bridgehead atoms. The molecule has 0 aromatic rings. The van der Waals surface area contributed by atoms with Crippen LogP contribution in [-0.4, -0.2) is 52.4 Å². The van der Waals surface area contributed by atoms with Crippen molar-refractivity contribution < 1.29 is 22.3 Å². The van der Waals surface area contributed by atoms with Gasteiger partial charge in [-0.05, 0) is 13.2 Å². The molecule has 0 saturated carbocycles. The molecule has 1 amide bonds. The normalized spacial score (nSPS) is 14.3. The van der Waals surface area contributed by atoms with Crippen LogP contribution in [0, 0.1) is 0 Å². The van der Waals surface area contributed by atoms with Crippen molar-refractivity contribution in [1.29, 1.82) is 0 Å². The van der Waals surface area contributed by atoms with Crippen LogP contribution in [0.5, 0.6) is 0 Å². The van der Waals surface area contributed by atoms with Gasteiger partial charge in [0.25, 0.3) is 0 Å². The van der Waals surface area contributed by atoms with E-state index in [-0.39, 0.29) is 12.4 Å². The van der Waals surface area contributed by atoms with Gasteiger partial charge < -0.3 is 5.32 Å². The molecule has 1 unspecified atom stereocenters. The summed E-state index contributed by atoms with van der Waals surface area (Å²) < 4.78 is 35.0. The molecular weight excluding hydrogens is 314 g/mol. The van der Waals surface area contributed by atoms with E-state index in [9.17, 15) is 17.4 Å². The van der Waals surface area contributed by atoms with Crippen LogP contribution in [-0.2, 0) is 25.8 Å². The van der Waals surface area contributed by atoms with Crippen LogP contribution in [0.3, 0.4) is 0 Å². The first-order valence-electron chi connectivity index (χ1n) is 5.12. The summed E-state index contributed by atoms with van der Waals surface area (Å²) in [6, 6.07) is 0. The Morgan fingerprint density at radius 2 is 2.11 bits per heavy atom. The fourth-order valence-electron chi connectivity index (χ4n) is 0.897. The van der Waals surface area contributed by atoms with Crippen molar-refractivity contribution in [3.63, 3.8) is 0 Å². The van der Waals surface area contributed by atoms with E-state index in [0.717, 1.165) is 9.97 Å². The van der Waals surface area contributed by atoms with Gasteiger partial charge in [0.15, 0.2) is 0 Å². The number of hydrogen-bond donors (Lipinski definition) is 1. The van der Waals surface area contributed by atoms with Gasteiger partial charge in [-0.25, -0.2) is 17.4 Å². The molecule has 11 heteroatoms. The van der Waals surface area contributed by atoms with Crippen molar-refractivity contribution in [1.82, 2.24) is 9.03 Å². The van der Waals surface area contributed by atoms with E-state index in [2.05, 4.69) is 15.3 Å². The minimum Gasteiger partial charge on any atom is -0.307 e. The summed E-state index contributed by atoms with van der Waals surface area (Å²) in [5.41, 5.74) is 0. The van der Waals surface area contributed by atoms with Crippen molar-refractivity contribution in [2.75, 3.05) is 24.9 Å². The monoisotopic (exact) mass is 331 g/mol. The summed E-state index contributed by atoms with van der Waals surface area (Å²) >= 11 is 1.30. The fraction of sp³-hybridized carbons (Fsp3) is 0.750. The maximum absolute atomic E-state index is 11.7. The summed E-state index contributed by atoms with van der Waals surface area (Å²) in [4.78, 5) is 15.6. The smallest absolute Gasteiger partial charge is 0.307 e. The highest BCUT2D eigenvalue weighted by atomic mass is 32.3. The molecule has 8 nitrogen and oxygen atoms in total. The van der Waals surface area contributed by atoms with Crippen LogP contribution < -0.4 is 5.32 Å². The number of rotatable bonds is 6. The first-order valence-corrected chi connectivity index (χ1v) is 9.46. The second kappa shape index (κ2) is 8.51. The molecule has 0 rings (SSSR count). The van der Waals surface area contributed by atoms with Crippen LogP contribution in [0.15, 0.2) is 5.16 Å². The Hall–Kier alpha value is -0.650. The van der Waals surface area contributed by atoms with Crippen molar-refractivity contribution in [3.05, 3.63) is 0 Å². The van der Waals surface area contributed by atoms with Crippen molar-refractivity contribution in [3.8, 4) is 0 Å². The van der Waals surface area contributed by atoms with Gasteiger partial charge in [-0.1, -0.05) is 12.1 Å². The number of hydrogen-bond acceptors (Lipinski definition) is 7. The Balaban J connectivity index is 4.34. The number of nitrogens with zero attached hydrogens (tertiary/aromatic N) is 2. The van der Waals surface area contributed by atoms with E-state index in [4.69, 9.17) is 0 Å². The Bertz CT molecular complexity index is 462. The van der Waals surface area contributed by atoms with Gasteiger partial charge >= 0.3 is 6.09 Å². The summed E-state index contributed by atoms with van der Waals surface area (Å²) in [5, 5.41) is 6.18. The Labute approximate surface area is 119 Å². The van der Waals surface area contributed by atoms with Crippen LogP contribution in [0.25, 0.3) is 0 Å². The third kappa shape index (κ3) is 7.50. The van der Waals surface area contributed by atoms with E-state index >= 15 is 0 Å². The molecule has 0 radical (unpaired) electrons. The highest BCUT2D eigenvalue weighted by molar-refractivity contribution is 8.13. The molecule has 1 N–H and O–H groups in total. The lowest BCUT2D eigenvalue weighted by atomic mass is 10.8. The maximum atomic E-state index is 11.7. The fourth-order valence-corrected chi connectivity index (χ4v) is 3.52. The van der Waals surface area contributed by atoms with Gasteiger partial charge in [0.05, 0.1) is 6.26 Å². The largest absolute Gasteiger partial charge is 0.434 e. The van der Waals surface area contributed by atoms with Crippen molar-refractivity contribution in [2.24, 2.45) is 5.16 Å². The predicted molar refractivity (Wildman–Crippen MR) is 76.5 cm³/mol. The predicted octanol–water partition coefficient (Wildman–Crippen LogP) is 0.312. The third-order valence-electron chi connectivity index (χ3n) is 1.75. The van der Waals surface area contributed by atoms with E-state index in [1.165, 1.54) is 11.8 Å². The Morgan fingerprint density at radius 3 is 2.53 bits per heavy atom. The summed E-state index contributed by atoms with van der Waals surface area (Å²) in [6.07, 6.45) is 1.81. The van der Waals surface area contributed by atoms with Crippen LogP contribution in [0.1, 0.15) is 13.8 Å². The molecule has 0 saturated heterocycles. The number of sulfonamides is 1. The Kier molecular flexibility index (Phi) is 8.22. The lowest BCUT2D eigenvalue weighted by Crippen LogP contribution is -2.38. The lowest BCUT2D eigenvalue weighted by Gasteiger charge is -2.16. The van der Waals surface area contributed by atoms with Crippen molar-refractivity contribution in [2.45, 2.75) is 13.8 Å². The number of nitrogens with one attached hydrogen (secondary N) is 1. The molecule has 0 aliphatic rings. The third-order valence-corrected chi connectivity index (χ3v) is 5.83. The number of oxime groups is 1. The molecule has 0 aliphatic carbocycles. The van der Waals surface area contributed by atoms with E-state index in [1.807, 2.05) is 0 Å². The second-order valence-corrected chi connectivity index (χ2v) is 7.73. The first kappa shape index (κ1) is 18.4. The number of carbonyl (C=O) groups excluding carboxylic acids is 1. The average molecular weight is 331 g/mol. The van der Waals surface area contributed by atoms with E-state index < -0.39 is 27.1 Å². The Morgan fingerprint density at radius 1 is 1.53 bits per heavy atom. The minimum atomic E-state index is -3.58. The van der Waals surface area contributed by atoms with Crippen LogP contribution in [0.2, 0.25) is 0 Å². The highest BCUT2D eigenvalue weighted by Crippen LogP contribution is 2.02. The molecule has 0 aliphatic heterocycles. The number of amides is 1. The zero-order chi connectivity index (χ0) is 15.1. The lowest BCUT2D eigenvalue weighted by molar-refractivity contribution is 0.152. The molecule has 0 heterocycles. The van der Waals surface area contributed by atoms with Gasteiger partial charge in [0.2, 0.25) is 10.0 Å². The molecule has 0 aromatic carbocycles. The molecular formula is C8H17N3O5S3. The van der Waals surface area contributed by atoms with Gasteiger partial charge in [0.1, 0.15) is 21.9 Å². The van der Waals surface area contributed by atoms with Gasteiger partial charge in [-0.15, -0.1) is 15.5 Å². The minimum absolute atomic E-state index is 0.0475. The summed E-state index contributed by atoms with van der Waals surface area (Å²) in [6.45, 7) is 3.24. The summed E-state index contributed by atoms with van der Waals surface area (Å²) in [7, 11) is -5.47. The van der Waals surface area contributed by atoms with Gasteiger partial charge in [-0.2, -0.15) is 0 Å². The zero-order valence-electron chi connectivity index (χ0n) is 11.1. The van der Waals surface area contributed by atoms with E-state index in [0.29, 0.717) is 5.04 Å². The van der Waals surface area contributed by atoms with Crippen LogP contribution >= 0.6 is 11.8 Å². The standard InChI is InChI=1S/C8H17N3O5S3/c1-5-11(19(4,14)15)18(13)6-9-8(12)16-10-7(2)17-3/h5-6H2,1-4H3,(H,9,12). The molecule has 1 atom stereocenters. The number of thioether (sulfide) groups is 1. The molecule has 0 fully saturated rings. The molecule has 0 spiro atoms. The quantitative estimate of drug-likeness (QED) is 0.325. The average Bonchev–Trinajstić information content (AvgIpc) is 2.32. The molecule has 19 heavy (non-hydrogen) atoms. The topological polar surface area (TPSA) is 105 Å². The SMILES string of the molecule is CCN(S(=O)CNC(=O)ON=C(C)SC)S(C)(=O)=O. The van der Waals surface area contributed by atoms with Crippen molar-refractivity contribution >= 4 is 43.9 Å². The number of carbonyl (C=O) groups is 1.